The van der Waals surface area contributed by atoms with Gasteiger partial charge in [-0.15, -0.1) is 0 Å². The molecule has 1 aliphatic rings. The van der Waals surface area contributed by atoms with E-state index in [4.69, 9.17) is 0 Å². The van der Waals surface area contributed by atoms with Crippen molar-refractivity contribution in [2.75, 3.05) is 0 Å². The maximum atomic E-state index is 11.6. The fraction of sp³-hybridized carbons (Fsp3) is 0.583. The molecule has 4 nitrogen and oxygen atoms in total. The highest BCUT2D eigenvalue weighted by atomic mass is 32.1. The number of imide groups is 1. The minimum Gasteiger partial charge on any atom is -0.298 e. The first kappa shape index (κ1) is 14.0. The number of hydrogen-bond donors (Lipinski definition) is 1. The Morgan fingerprint density at radius 3 is 2.00 bits per heavy atom. The molecule has 0 aromatic rings. The summed E-state index contributed by atoms with van der Waals surface area (Å²) >= 11 is 4.31. The number of carbonyl (C=O) groups excluding carboxylic acids is 3. The number of carbonyl (C=O) groups is 3. The Balaban J connectivity index is 2.93. The van der Waals surface area contributed by atoms with Crippen LogP contribution in [0, 0.1) is 0 Å². The third kappa shape index (κ3) is 2.77. The van der Waals surface area contributed by atoms with Crippen molar-refractivity contribution in [2.24, 2.45) is 0 Å². The van der Waals surface area contributed by atoms with Gasteiger partial charge in [-0.3, -0.25) is 19.3 Å². The molecule has 0 spiro atoms. The van der Waals surface area contributed by atoms with Crippen molar-refractivity contribution in [1.82, 2.24) is 4.90 Å². The lowest BCUT2D eigenvalue weighted by Crippen LogP contribution is -2.51. The van der Waals surface area contributed by atoms with E-state index in [0.29, 0.717) is 6.42 Å². The molecule has 0 saturated heterocycles. The predicted molar refractivity (Wildman–Crippen MR) is 67.8 cm³/mol. The topological polar surface area (TPSA) is 54.5 Å². The maximum absolute atomic E-state index is 11.6. The van der Waals surface area contributed by atoms with E-state index in [1.54, 1.807) is 20.8 Å². The monoisotopic (exact) mass is 255 g/mol. The van der Waals surface area contributed by atoms with E-state index in [-0.39, 0.29) is 17.6 Å². The third-order valence-corrected chi connectivity index (χ3v) is 3.42. The standard InChI is InChI=1S/C12H17NO3S/c1-8(14)12(4,17)7-11(2,3)13-9(15)5-6-10(13)16/h5-6,17H,7H2,1-4H3. The van der Waals surface area contributed by atoms with Gasteiger partial charge >= 0.3 is 0 Å². The second-order valence-corrected chi connectivity index (χ2v) is 6.15. The molecule has 0 aliphatic carbocycles. The molecule has 1 aliphatic heterocycles. The smallest absolute Gasteiger partial charge is 0.254 e. The molecule has 1 rings (SSSR count). The molecule has 17 heavy (non-hydrogen) atoms. The summed E-state index contributed by atoms with van der Waals surface area (Å²) in [7, 11) is 0. The van der Waals surface area contributed by atoms with Crippen molar-refractivity contribution in [3.63, 3.8) is 0 Å². The van der Waals surface area contributed by atoms with Crippen molar-refractivity contribution >= 4 is 30.2 Å². The Bertz CT molecular complexity index is 392. The van der Waals surface area contributed by atoms with Crippen LogP contribution in [0.25, 0.3) is 0 Å². The van der Waals surface area contributed by atoms with E-state index in [0.717, 1.165) is 0 Å². The summed E-state index contributed by atoms with van der Waals surface area (Å²) in [4.78, 5) is 35.8. The molecule has 0 aromatic carbocycles. The van der Waals surface area contributed by atoms with Crippen molar-refractivity contribution in [2.45, 2.75) is 44.4 Å². The molecule has 0 radical (unpaired) electrons. The van der Waals surface area contributed by atoms with E-state index in [1.165, 1.54) is 24.0 Å². The predicted octanol–water partition coefficient (Wildman–Crippen LogP) is 1.36. The van der Waals surface area contributed by atoms with Crippen LogP contribution in [0.5, 0.6) is 0 Å². The SMILES string of the molecule is CC(=O)C(C)(S)CC(C)(C)N1C(=O)C=CC1=O. The Hall–Kier alpha value is -1.10. The van der Waals surface area contributed by atoms with Crippen LogP contribution in [0.15, 0.2) is 12.2 Å². The zero-order chi connectivity index (χ0) is 13.4. The van der Waals surface area contributed by atoms with Gasteiger partial charge in [-0.25, -0.2) is 0 Å². The van der Waals surface area contributed by atoms with E-state index >= 15 is 0 Å². The fourth-order valence-corrected chi connectivity index (χ4v) is 2.43. The number of Topliss-reactive ketones (excluding diaryl/α,β-unsaturated/α-hetero) is 1. The molecule has 0 bridgehead atoms. The van der Waals surface area contributed by atoms with Crippen LogP contribution in [-0.4, -0.2) is 32.8 Å². The first-order valence-electron chi connectivity index (χ1n) is 5.37. The van der Waals surface area contributed by atoms with Crippen LogP contribution in [-0.2, 0) is 14.4 Å². The highest BCUT2D eigenvalue weighted by Gasteiger charge is 2.42. The fourth-order valence-electron chi connectivity index (χ4n) is 2.04. The Morgan fingerprint density at radius 2 is 1.65 bits per heavy atom. The van der Waals surface area contributed by atoms with Gasteiger partial charge in [0, 0.05) is 17.7 Å². The highest BCUT2D eigenvalue weighted by Crippen LogP contribution is 2.32. The Kier molecular flexibility index (Phi) is 3.52. The average molecular weight is 255 g/mol. The minimum absolute atomic E-state index is 0.0824. The molecular weight excluding hydrogens is 238 g/mol. The Morgan fingerprint density at radius 1 is 1.24 bits per heavy atom. The zero-order valence-electron chi connectivity index (χ0n) is 10.5. The summed E-state index contributed by atoms with van der Waals surface area (Å²) in [5.74, 6) is -0.763. The largest absolute Gasteiger partial charge is 0.298 e. The number of amides is 2. The van der Waals surface area contributed by atoms with Gasteiger partial charge in [-0.2, -0.15) is 12.6 Å². The quantitative estimate of drug-likeness (QED) is 0.609. The van der Waals surface area contributed by atoms with Gasteiger partial charge in [0.1, 0.15) is 5.78 Å². The van der Waals surface area contributed by atoms with Crippen LogP contribution in [0.2, 0.25) is 0 Å². The average Bonchev–Trinajstić information content (AvgIpc) is 2.44. The number of nitrogens with zero attached hydrogens (tertiary/aromatic N) is 1. The summed E-state index contributed by atoms with van der Waals surface area (Å²) in [5, 5.41) is 0. The minimum atomic E-state index is -0.855. The first-order valence-corrected chi connectivity index (χ1v) is 5.82. The number of thiol groups is 1. The number of rotatable bonds is 4. The second-order valence-electron chi connectivity index (χ2n) is 5.16. The van der Waals surface area contributed by atoms with Gasteiger partial charge in [0.2, 0.25) is 0 Å². The summed E-state index contributed by atoms with van der Waals surface area (Å²) in [5.41, 5.74) is -0.736. The van der Waals surface area contributed by atoms with Crippen LogP contribution in [0.1, 0.15) is 34.1 Å². The van der Waals surface area contributed by atoms with E-state index in [1.807, 2.05) is 0 Å². The molecule has 1 atom stereocenters. The lowest BCUT2D eigenvalue weighted by molar-refractivity contribution is -0.144. The van der Waals surface area contributed by atoms with Gasteiger partial charge in [0.25, 0.3) is 11.8 Å². The maximum Gasteiger partial charge on any atom is 0.254 e. The van der Waals surface area contributed by atoms with Crippen LogP contribution < -0.4 is 0 Å². The molecule has 1 unspecified atom stereocenters. The molecule has 5 heteroatoms. The summed E-state index contributed by atoms with van der Waals surface area (Å²) in [6, 6.07) is 0. The van der Waals surface area contributed by atoms with E-state index in [9.17, 15) is 14.4 Å². The van der Waals surface area contributed by atoms with Crippen molar-refractivity contribution < 1.29 is 14.4 Å². The molecule has 0 N–H and O–H groups in total. The van der Waals surface area contributed by atoms with Crippen molar-refractivity contribution in [3.05, 3.63) is 12.2 Å². The highest BCUT2D eigenvalue weighted by molar-refractivity contribution is 7.82. The molecule has 94 valence electrons. The normalized spacial score (nSPS) is 19.7. The van der Waals surface area contributed by atoms with Crippen LogP contribution in [0.3, 0.4) is 0 Å². The molecule has 2 amide bonds. The van der Waals surface area contributed by atoms with Gasteiger partial charge in [-0.05, 0) is 34.1 Å². The Labute approximate surface area is 106 Å². The van der Waals surface area contributed by atoms with Gasteiger partial charge in [0.15, 0.2) is 0 Å². The van der Waals surface area contributed by atoms with Crippen LogP contribution >= 0.6 is 12.6 Å². The molecule has 1 heterocycles. The molecule has 0 fully saturated rings. The van der Waals surface area contributed by atoms with Crippen molar-refractivity contribution in [3.8, 4) is 0 Å². The third-order valence-electron chi connectivity index (χ3n) is 2.95. The lowest BCUT2D eigenvalue weighted by Gasteiger charge is -2.38. The van der Waals surface area contributed by atoms with E-state index < -0.39 is 10.3 Å². The number of ketones is 1. The van der Waals surface area contributed by atoms with Crippen molar-refractivity contribution in [1.29, 1.82) is 0 Å². The summed E-state index contributed by atoms with van der Waals surface area (Å²) in [6.07, 6.45) is 2.80. The van der Waals surface area contributed by atoms with E-state index in [2.05, 4.69) is 12.6 Å². The second kappa shape index (κ2) is 4.29. The molecule has 0 saturated carbocycles. The zero-order valence-corrected chi connectivity index (χ0v) is 11.4. The number of hydrogen-bond acceptors (Lipinski definition) is 4. The molecular formula is C12H17NO3S. The van der Waals surface area contributed by atoms with Crippen LogP contribution in [0.4, 0.5) is 0 Å². The van der Waals surface area contributed by atoms with Gasteiger partial charge in [-0.1, -0.05) is 0 Å². The van der Waals surface area contributed by atoms with Gasteiger partial charge in [0.05, 0.1) is 4.75 Å². The molecule has 0 aromatic heterocycles. The van der Waals surface area contributed by atoms with Gasteiger partial charge < -0.3 is 0 Å². The first-order chi connectivity index (χ1) is 7.58. The summed E-state index contributed by atoms with van der Waals surface area (Å²) < 4.78 is -0.855. The summed E-state index contributed by atoms with van der Waals surface area (Å²) in [6.45, 7) is 6.66. The lowest BCUT2D eigenvalue weighted by atomic mass is 9.87.